The zero-order chi connectivity index (χ0) is 26.6. The molecule has 2 unspecified atom stereocenters. The van der Waals surface area contributed by atoms with Crippen LogP contribution in [0.1, 0.15) is 117 Å². The van der Waals surface area contributed by atoms with Gasteiger partial charge in [0.05, 0.1) is 0 Å². The van der Waals surface area contributed by atoms with E-state index < -0.39 is 10.8 Å². The van der Waals surface area contributed by atoms with Gasteiger partial charge in [0.1, 0.15) is 0 Å². The van der Waals surface area contributed by atoms with Crippen LogP contribution in [0.5, 0.6) is 0 Å². The SMILES string of the molecule is CCC(CC(=O)NSSNC(=O)CC(CC)CC1(C(=O)Cl)CCCCC1)CC1(C(=O)Cl)CCCCC1. The van der Waals surface area contributed by atoms with Gasteiger partial charge in [0.15, 0.2) is 0 Å². The summed E-state index contributed by atoms with van der Waals surface area (Å²) in [6.45, 7) is 4.07. The largest absolute Gasteiger partial charge is 0.290 e. The molecular formula is C26H42Cl2N2O4S2. The summed E-state index contributed by atoms with van der Waals surface area (Å²) >= 11 is 12.0. The van der Waals surface area contributed by atoms with E-state index in [9.17, 15) is 19.2 Å². The van der Waals surface area contributed by atoms with E-state index in [0.29, 0.717) is 25.7 Å². The molecule has 0 aliphatic heterocycles. The standard InChI is InChI=1S/C26H42Cl2N2O4S2/c1-3-19(17-25(23(27)33)11-7-5-8-12-25)15-21(31)29-35-36-30-22(32)16-20(4-2)18-26(24(28)34)13-9-6-10-14-26/h19-20H,3-18H2,1-2H3,(H,29,31)(H,30,32). The van der Waals surface area contributed by atoms with Crippen molar-refractivity contribution in [3.8, 4) is 0 Å². The molecule has 0 spiro atoms. The predicted molar refractivity (Wildman–Crippen MR) is 150 cm³/mol. The number of amides is 2. The van der Waals surface area contributed by atoms with E-state index in [1.165, 1.54) is 0 Å². The molecule has 0 aromatic heterocycles. The van der Waals surface area contributed by atoms with Gasteiger partial charge >= 0.3 is 0 Å². The Labute approximate surface area is 234 Å². The van der Waals surface area contributed by atoms with Crippen molar-refractivity contribution in [2.24, 2.45) is 22.7 Å². The maximum Gasteiger partial charge on any atom is 0.230 e. The lowest BCUT2D eigenvalue weighted by molar-refractivity contribution is -0.125. The lowest BCUT2D eigenvalue weighted by atomic mass is 9.69. The summed E-state index contributed by atoms with van der Waals surface area (Å²) in [4.78, 5) is 49.4. The van der Waals surface area contributed by atoms with Crippen molar-refractivity contribution in [3.05, 3.63) is 0 Å². The van der Waals surface area contributed by atoms with Crippen molar-refractivity contribution in [1.29, 1.82) is 0 Å². The number of rotatable bonds is 15. The van der Waals surface area contributed by atoms with E-state index in [1.807, 2.05) is 13.8 Å². The molecule has 2 fully saturated rings. The molecule has 2 N–H and O–H groups in total. The third kappa shape index (κ3) is 9.70. The lowest BCUT2D eigenvalue weighted by Crippen LogP contribution is -2.34. The second-order valence-corrected chi connectivity index (χ2v) is 13.2. The molecule has 10 heteroatoms. The Kier molecular flexibility index (Phi) is 14.0. The number of hydrogen-bond donors (Lipinski definition) is 2. The molecule has 0 radical (unpaired) electrons. The Bertz CT molecular complexity index is 694. The molecule has 206 valence electrons. The van der Waals surface area contributed by atoms with E-state index in [4.69, 9.17) is 23.2 Å². The molecule has 0 aromatic rings. The molecule has 2 rings (SSSR count). The Morgan fingerprint density at radius 3 is 1.28 bits per heavy atom. The van der Waals surface area contributed by atoms with Crippen molar-refractivity contribution >= 4 is 67.5 Å². The summed E-state index contributed by atoms with van der Waals surface area (Å²) in [5.41, 5.74) is -0.979. The number of carbonyl (C=O) groups excluding carboxylic acids is 4. The molecule has 2 atom stereocenters. The first kappa shape index (κ1) is 31.8. The Morgan fingerprint density at radius 2 is 1.00 bits per heavy atom. The van der Waals surface area contributed by atoms with E-state index in [0.717, 1.165) is 99.0 Å². The third-order valence-electron chi connectivity index (χ3n) is 8.27. The van der Waals surface area contributed by atoms with E-state index >= 15 is 0 Å². The Morgan fingerprint density at radius 1 is 0.667 bits per heavy atom. The van der Waals surface area contributed by atoms with Crippen molar-refractivity contribution in [2.45, 2.75) is 117 Å². The fourth-order valence-electron chi connectivity index (χ4n) is 5.99. The minimum atomic E-state index is -0.489. The molecule has 6 nitrogen and oxygen atoms in total. The molecule has 2 aliphatic rings. The van der Waals surface area contributed by atoms with E-state index in [1.54, 1.807) is 0 Å². The fraction of sp³-hybridized carbons (Fsp3) is 0.846. The highest BCUT2D eigenvalue weighted by molar-refractivity contribution is 8.75. The van der Waals surface area contributed by atoms with Gasteiger partial charge in [-0.1, -0.05) is 65.2 Å². The quantitative estimate of drug-likeness (QED) is 0.0902. The smallest absolute Gasteiger partial charge is 0.230 e. The highest BCUT2D eigenvalue weighted by atomic mass is 35.5. The average Bonchev–Trinajstić information content (AvgIpc) is 2.86. The van der Waals surface area contributed by atoms with Crippen LogP contribution in [0.15, 0.2) is 0 Å². The maximum absolute atomic E-state index is 12.5. The van der Waals surface area contributed by atoms with Crippen LogP contribution in [0.4, 0.5) is 0 Å². The number of halogens is 2. The normalized spacial score (nSPS) is 20.7. The molecule has 2 aliphatic carbocycles. The van der Waals surface area contributed by atoms with E-state index in [-0.39, 0.29) is 34.1 Å². The summed E-state index contributed by atoms with van der Waals surface area (Å²) in [6, 6.07) is 0. The summed E-state index contributed by atoms with van der Waals surface area (Å²) in [5.74, 6) is -0.0538. The Hall–Kier alpha value is -0.440. The molecule has 0 heterocycles. The van der Waals surface area contributed by atoms with Crippen LogP contribution >= 0.6 is 45.2 Å². The highest BCUT2D eigenvalue weighted by Gasteiger charge is 2.41. The van der Waals surface area contributed by atoms with E-state index in [2.05, 4.69) is 9.44 Å². The number of carbonyl (C=O) groups is 4. The predicted octanol–water partition coefficient (Wildman–Crippen LogP) is 7.47. The van der Waals surface area contributed by atoms with Gasteiger partial charge in [0.25, 0.3) is 0 Å². The van der Waals surface area contributed by atoms with Crippen LogP contribution in [0.3, 0.4) is 0 Å². The summed E-state index contributed by atoms with van der Waals surface area (Å²) in [7, 11) is 2.17. The minimum absolute atomic E-state index is 0.0908. The zero-order valence-corrected chi connectivity index (χ0v) is 24.8. The number of hydrogen-bond acceptors (Lipinski definition) is 6. The minimum Gasteiger partial charge on any atom is -0.290 e. The monoisotopic (exact) mass is 580 g/mol. The van der Waals surface area contributed by atoms with Crippen LogP contribution in [0.2, 0.25) is 0 Å². The van der Waals surface area contributed by atoms with Gasteiger partial charge in [-0.15, -0.1) is 0 Å². The summed E-state index contributed by atoms with van der Waals surface area (Å²) in [5, 5.41) is -0.521. The molecule has 0 aromatic carbocycles. The topological polar surface area (TPSA) is 92.3 Å². The van der Waals surface area contributed by atoms with Crippen molar-refractivity contribution in [1.82, 2.24) is 9.44 Å². The fourth-order valence-corrected chi connectivity index (χ4v) is 7.76. The van der Waals surface area contributed by atoms with Crippen LogP contribution in [0.25, 0.3) is 0 Å². The molecule has 36 heavy (non-hydrogen) atoms. The van der Waals surface area contributed by atoms with Crippen LogP contribution in [-0.4, -0.2) is 22.3 Å². The van der Waals surface area contributed by atoms with Gasteiger partial charge in [-0.05, 0) is 73.6 Å². The second-order valence-electron chi connectivity index (χ2n) is 10.8. The molecule has 2 saturated carbocycles. The maximum atomic E-state index is 12.5. The van der Waals surface area contributed by atoms with Gasteiger partial charge in [0.2, 0.25) is 22.3 Å². The number of nitrogens with one attached hydrogen (secondary N) is 2. The summed E-state index contributed by atoms with van der Waals surface area (Å²) in [6.07, 6.45) is 13.1. The third-order valence-corrected chi connectivity index (χ3v) is 10.5. The average molecular weight is 582 g/mol. The lowest BCUT2D eigenvalue weighted by Gasteiger charge is -2.36. The molecular weight excluding hydrogens is 539 g/mol. The highest BCUT2D eigenvalue weighted by Crippen LogP contribution is 2.45. The molecule has 0 saturated heterocycles. The van der Waals surface area contributed by atoms with Crippen LogP contribution in [0, 0.1) is 22.7 Å². The molecule has 0 bridgehead atoms. The first-order chi connectivity index (χ1) is 17.2. The van der Waals surface area contributed by atoms with Gasteiger partial charge in [-0.25, -0.2) is 0 Å². The summed E-state index contributed by atoms with van der Waals surface area (Å²) < 4.78 is 5.56. The molecule has 2 amide bonds. The first-order valence-electron chi connectivity index (χ1n) is 13.5. The van der Waals surface area contributed by atoms with Crippen molar-refractivity contribution < 1.29 is 19.2 Å². The van der Waals surface area contributed by atoms with Crippen molar-refractivity contribution in [3.63, 3.8) is 0 Å². The van der Waals surface area contributed by atoms with Gasteiger partial charge < -0.3 is 0 Å². The van der Waals surface area contributed by atoms with Crippen molar-refractivity contribution in [2.75, 3.05) is 0 Å². The second kappa shape index (κ2) is 15.8. The van der Waals surface area contributed by atoms with Gasteiger partial charge in [-0.2, -0.15) is 0 Å². The van der Waals surface area contributed by atoms with Crippen LogP contribution < -0.4 is 9.44 Å². The van der Waals surface area contributed by atoms with Gasteiger partial charge in [-0.3, -0.25) is 28.6 Å². The van der Waals surface area contributed by atoms with Crippen LogP contribution in [-0.2, 0) is 19.2 Å². The van der Waals surface area contributed by atoms with Gasteiger partial charge in [0, 0.05) is 45.6 Å². The first-order valence-corrected chi connectivity index (χ1v) is 16.4. The zero-order valence-electron chi connectivity index (χ0n) is 21.7. The Balaban J connectivity index is 1.73.